The lowest BCUT2D eigenvalue weighted by molar-refractivity contribution is -0.120. The SMILES string of the molecule is COc1ccc(CC(=O)NCCOc2ccc(C)cc2C)cc1C. The van der Waals surface area contributed by atoms with Gasteiger partial charge in [0, 0.05) is 0 Å². The summed E-state index contributed by atoms with van der Waals surface area (Å²) in [5, 5.41) is 2.89. The Morgan fingerprint density at radius 3 is 2.38 bits per heavy atom. The summed E-state index contributed by atoms with van der Waals surface area (Å²) >= 11 is 0. The Labute approximate surface area is 143 Å². The van der Waals surface area contributed by atoms with Crippen molar-refractivity contribution in [3.8, 4) is 11.5 Å². The highest BCUT2D eigenvalue weighted by Crippen LogP contribution is 2.19. The number of benzene rings is 2. The Kier molecular flexibility index (Phi) is 6.24. The molecular formula is C20H25NO3. The van der Waals surface area contributed by atoms with Crippen LogP contribution in [0.15, 0.2) is 36.4 Å². The van der Waals surface area contributed by atoms with E-state index in [2.05, 4.69) is 18.3 Å². The molecule has 0 atom stereocenters. The largest absolute Gasteiger partial charge is 0.496 e. The monoisotopic (exact) mass is 327 g/mol. The summed E-state index contributed by atoms with van der Waals surface area (Å²) in [4.78, 5) is 12.0. The summed E-state index contributed by atoms with van der Waals surface area (Å²) in [7, 11) is 1.64. The molecule has 2 rings (SSSR count). The van der Waals surface area contributed by atoms with Crippen LogP contribution in [0.1, 0.15) is 22.3 Å². The molecule has 0 heterocycles. The number of ether oxygens (including phenoxy) is 2. The Morgan fingerprint density at radius 2 is 1.71 bits per heavy atom. The van der Waals surface area contributed by atoms with E-state index in [4.69, 9.17) is 9.47 Å². The van der Waals surface area contributed by atoms with Gasteiger partial charge in [-0.05, 0) is 49.6 Å². The van der Waals surface area contributed by atoms with Gasteiger partial charge in [-0.2, -0.15) is 0 Å². The highest BCUT2D eigenvalue weighted by atomic mass is 16.5. The van der Waals surface area contributed by atoms with Crippen molar-refractivity contribution in [1.29, 1.82) is 0 Å². The molecule has 0 aliphatic rings. The van der Waals surface area contributed by atoms with E-state index in [1.165, 1.54) is 5.56 Å². The molecule has 0 bridgehead atoms. The summed E-state index contributed by atoms with van der Waals surface area (Å²) in [6, 6.07) is 11.9. The van der Waals surface area contributed by atoms with E-state index in [0.717, 1.165) is 28.2 Å². The first-order chi connectivity index (χ1) is 11.5. The topological polar surface area (TPSA) is 47.6 Å². The van der Waals surface area contributed by atoms with Crippen LogP contribution in [0.25, 0.3) is 0 Å². The van der Waals surface area contributed by atoms with Crippen molar-refractivity contribution < 1.29 is 14.3 Å². The molecule has 0 saturated heterocycles. The van der Waals surface area contributed by atoms with Crippen molar-refractivity contribution in [1.82, 2.24) is 5.32 Å². The van der Waals surface area contributed by atoms with Gasteiger partial charge in [-0.15, -0.1) is 0 Å². The average Bonchev–Trinajstić information content (AvgIpc) is 2.53. The molecule has 0 saturated carbocycles. The van der Waals surface area contributed by atoms with Crippen molar-refractivity contribution in [3.05, 3.63) is 58.7 Å². The minimum atomic E-state index is -0.0104. The van der Waals surface area contributed by atoms with Gasteiger partial charge in [0.1, 0.15) is 18.1 Å². The van der Waals surface area contributed by atoms with Crippen molar-refractivity contribution >= 4 is 5.91 Å². The molecule has 4 nitrogen and oxygen atoms in total. The lowest BCUT2D eigenvalue weighted by atomic mass is 10.1. The molecule has 0 radical (unpaired) electrons. The minimum Gasteiger partial charge on any atom is -0.496 e. The molecule has 24 heavy (non-hydrogen) atoms. The van der Waals surface area contributed by atoms with E-state index in [9.17, 15) is 4.79 Å². The Morgan fingerprint density at radius 1 is 1.00 bits per heavy atom. The number of hydrogen-bond donors (Lipinski definition) is 1. The first kappa shape index (κ1) is 17.9. The van der Waals surface area contributed by atoms with Crippen LogP contribution in [0, 0.1) is 20.8 Å². The predicted molar refractivity (Wildman–Crippen MR) is 95.9 cm³/mol. The highest BCUT2D eigenvalue weighted by molar-refractivity contribution is 5.78. The summed E-state index contributed by atoms with van der Waals surface area (Å²) < 4.78 is 10.9. The molecule has 0 aromatic heterocycles. The third-order valence-electron chi connectivity index (χ3n) is 3.84. The van der Waals surface area contributed by atoms with Crippen molar-refractivity contribution in [2.45, 2.75) is 27.2 Å². The average molecular weight is 327 g/mol. The fraction of sp³-hybridized carbons (Fsp3) is 0.350. The molecule has 0 spiro atoms. The predicted octanol–water partition coefficient (Wildman–Crippen LogP) is 3.36. The van der Waals surface area contributed by atoms with Crippen LogP contribution in [0.5, 0.6) is 11.5 Å². The summed E-state index contributed by atoms with van der Waals surface area (Å²) in [5.41, 5.74) is 4.32. The van der Waals surface area contributed by atoms with Crippen LogP contribution in [-0.2, 0) is 11.2 Å². The van der Waals surface area contributed by atoms with Gasteiger partial charge < -0.3 is 14.8 Å². The molecule has 128 valence electrons. The second-order valence-corrected chi connectivity index (χ2v) is 5.95. The van der Waals surface area contributed by atoms with E-state index in [1.54, 1.807) is 7.11 Å². The maximum atomic E-state index is 12.0. The fourth-order valence-corrected chi connectivity index (χ4v) is 2.61. The molecule has 0 unspecified atom stereocenters. The van der Waals surface area contributed by atoms with E-state index in [-0.39, 0.29) is 5.91 Å². The van der Waals surface area contributed by atoms with Gasteiger partial charge in [0.2, 0.25) is 5.91 Å². The van der Waals surface area contributed by atoms with Crippen LogP contribution in [-0.4, -0.2) is 26.2 Å². The molecule has 0 aliphatic carbocycles. The molecule has 2 aromatic rings. The maximum absolute atomic E-state index is 12.0. The van der Waals surface area contributed by atoms with Gasteiger partial charge in [-0.1, -0.05) is 29.8 Å². The first-order valence-electron chi connectivity index (χ1n) is 8.10. The third-order valence-corrected chi connectivity index (χ3v) is 3.84. The zero-order chi connectivity index (χ0) is 17.5. The Balaban J connectivity index is 1.76. The van der Waals surface area contributed by atoms with E-state index >= 15 is 0 Å². The molecule has 2 aromatic carbocycles. The van der Waals surface area contributed by atoms with Gasteiger partial charge in [-0.3, -0.25) is 4.79 Å². The summed E-state index contributed by atoms with van der Waals surface area (Å²) in [5.74, 6) is 1.69. The lowest BCUT2D eigenvalue weighted by Gasteiger charge is -2.11. The van der Waals surface area contributed by atoms with E-state index in [0.29, 0.717) is 19.6 Å². The zero-order valence-electron chi connectivity index (χ0n) is 14.8. The Hall–Kier alpha value is -2.49. The van der Waals surface area contributed by atoms with Gasteiger partial charge in [0.25, 0.3) is 0 Å². The highest BCUT2D eigenvalue weighted by Gasteiger charge is 2.06. The van der Waals surface area contributed by atoms with E-state index < -0.39 is 0 Å². The van der Waals surface area contributed by atoms with Crippen LogP contribution in [0.2, 0.25) is 0 Å². The number of rotatable bonds is 7. The molecule has 0 aliphatic heterocycles. The molecular weight excluding hydrogens is 302 g/mol. The van der Waals surface area contributed by atoms with E-state index in [1.807, 2.05) is 44.2 Å². The second-order valence-electron chi connectivity index (χ2n) is 5.95. The number of amides is 1. The van der Waals surface area contributed by atoms with Gasteiger partial charge in [-0.25, -0.2) is 0 Å². The number of nitrogens with one attached hydrogen (secondary N) is 1. The summed E-state index contributed by atoms with van der Waals surface area (Å²) in [6.07, 6.45) is 0.356. The molecule has 4 heteroatoms. The number of aryl methyl sites for hydroxylation is 3. The molecule has 0 fully saturated rings. The van der Waals surface area contributed by atoms with Crippen LogP contribution < -0.4 is 14.8 Å². The smallest absolute Gasteiger partial charge is 0.224 e. The number of methoxy groups -OCH3 is 1. The molecule has 1 N–H and O–H groups in total. The summed E-state index contributed by atoms with van der Waals surface area (Å²) in [6.45, 7) is 6.99. The van der Waals surface area contributed by atoms with Crippen molar-refractivity contribution in [3.63, 3.8) is 0 Å². The molecule has 1 amide bonds. The van der Waals surface area contributed by atoms with Crippen molar-refractivity contribution in [2.75, 3.05) is 20.3 Å². The van der Waals surface area contributed by atoms with Crippen LogP contribution in [0.3, 0.4) is 0 Å². The first-order valence-corrected chi connectivity index (χ1v) is 8.10. The Bertz CT molecular complexity index is 710. The minimum absolute atomic E-state index is 0.0104. The standard InChI is InChI=1S/C20H25NO3/c1-14-5-7-19(15(2)11-14)24-10-9-21-20(22)13-17-6-8-18(23-4)16(3)12-17/h5-8,11-12H,9-10,13H2,1-4H3,(H,21,22). The van der Waals surface area contributed by atoms with Gasteiger partial charge in [0.15, 0.2) is 0 Å². The maximum Gasteiger partial charge on any atom is 0.224 e. The van der Waals surface area contributed by atoms with Crippen LogP contribution >= 0.6 is 0 Å². The van der Waals surface area contributed by atoms with Crippen LogP contribution in [0.4, 0.5) is 0 Å². The van der Waals surface area contributed by atoms with Gasteiger partial charge in [0.05, 0.1) is 20.1 Å². The normalized spacial score (nSPS) is 10.3. The zero-order valence-corrected chi connectivity index (χ0v) is 14.8. The lowest BCUT2D eigenvalue weighted by Crippen LogP contribution is -2.29. The number of carbonyl (C=O) groups is 1. The van der Waals surface area contributed by atoms with Gasteiger partial charge >= 0.3 is 0 Å². The number of carbonyl (C=O) groups excluding carboxylic acids is 1. The third kappa shape index (κ3) is 5.01. The number of hydrogen-bond acceptors (Lipinski definition) is 3. The fourth-order valence-electron chi connectivity index (χ4n) is 2.61. The quantitative estimate of drug-likeness (QED) is 0.793. The van der Waals surface area contributed by atoms with Crippen molar-refractivity contribution in [2.24, 2.45) is 0 Å². The second kappa shape index (κ2) is 8.39.